The monoisotopic (exact) mass is 324 g/mol. The molecule has 1 fully saturated rings. The summed E-state index contributed by atoms with van der Waals surface area (Å²) >= 11 is 0. The minimum atomic E-state index is -1.01. The van der Waals surface area contributed by atoms with Crippen molar-refractivity contribution in [3.05, 3.63) is 29.8 Å². The fourth-order valence-electron chi connectivity index (χ4n) is 3.00. The van der Waals surface area contributed by atoms with E-state index in [9.17, 15) is 14.3 Å². The third-order valence-electron chi connectivity index (χ3n) is 4.06. The van der Waals surface area contributed by atoms with Gasteiger partial charge in [0.25, 0.3) is 0 Å². The second-order valence-corrected chi connectivity index (χ2v) is 7.65. The van der Waals surface area contributed by atoms with E-state index >= 15 is 0 Å². The molecule has 23 heavy (non-hydrogen) atoms. The van der Waals surface area contributed by atoms with E-state index in [-0.39, 0.29) is 0 Å². The van der Waals surface area contributed by atoms with Crippen LogP contribution in [-0.2, 0) is 4.74 Å². The SMILES string of the molecule is CC(C)(C)OC(=O)N1[C@@H](C(O)c2cncc(F)c2)CCC1(C)C. The summed E-state index contributed by atoms with van der Waals surface area (Å²) in [6.45, 7) is 9.28. The molecule has 1 N–H and O–H groups in total. The van der Waals surface area contributed by atoms with Gasteiger partial charge in [0.05, 0.1) is 12.2 Å². The Balaban J connectivity index is 2.27. The number of aliphatic hydroxyl groups is 1. The maximum absolute atomic E-state index is 13.4. The number of rotatable bonds is 2. The Morgan fingerprint density at radius 3 is 2.70 bits per heavy atom. The van der Waals surface area contributed by atoms with Crippen LogP contribution in [0.15, 0.2) is 18.5 Å². The summed E-state index contributed by atoms with van der Waals surface area (Å²) in [6.07, 6.45) is 2.38. The molecule has 5 nitrogen and oxygen atoms in total. The van der Waals surface area contributed by atoms with Crippen LogP contribution in [0.2, 0.25) is 0 Å². The van der Waals surface area contributed by atoms with Gasteiger partial charge >= 0.3 is 6.09 Å². The van der Waals surface area contributed by atoms with Crippen molar-refractivity contribution in [3.8, 4) is 0 Å². The second-order valence-electron chi connectivity index (χ2n) is 7.65. The summed E-state index contributed by atoms with van der Waals surface area (Å²) in [5.74, 6) is -0.511. The van der Waals surface area contributed by atoms with Gasteiger partial charge in [-0.1, -0.05) is 0 Å². The van der Waals surface area contributed by atoms with Crippen LogP contribution in [0.4, 0.5) is 9.18 Å². The molecule has 0 aromatic carbocycles. The van der Waals surface area contributed by atoms with E-state index in [2.05, 4.69) is 4.98 Å². The van der Waals surface area contributed by atoms with Crippen LogP contribution in [0.3, 0.4) is 0 Å². The van der Waals surface area contributed by atoms with Gasteiger partial charge in [-0.05, 0) is 53.5 Å². The topological polar surface area (TPSA) is 62.7 Å². The predicted octanol–water partition coefficient (Wildman–Crippen LogP) is 3.43. The quantitative estimate of drug-likeness (QED) is 0.905. The molecule has 2 rings (SSSR count). The molecular weight excluding hydrogens is 299 g/mol. The minimum Gasteiger partial charge on any atom is -0.444 e. The number of amides is 1. The molecule has 0 saturated carbocycles. The minimum absolute atomic E-state index is 0.362. The standard InChI is InChI=1S/C17H25FN2O3/c1-16(2,3)23-15(22)20-13(6-7-17(20,4)5)14(21)11-8-12(18)10-19-9-11/h8-10,13-14,21H,6-7H2,1-5H3/t13-,14?/m1/s1. The number of carbonyl (C=O) groups excluding carboxylic acids is 1. The molecule has 1 aliphatic heterocycles. The van der Waals surface area contributed by atoms with E-state index in [1.54, 1.807) is 25.7 Å². The number of carbonyl (C=O) groups is 1. The molecule has 0 bridgehead atoms. The third kappa shape index (κ3) is 3.99. The Morgan fingerprint density at radius 2 is 2.13 bits per heavy atom. The number of aromatic nitrogens is 1. The zero-order chi connectivity index (χ0) is 17.4. The fourth-order valence-corrected chi connectivity index (χ4v) is 3.00. The molecule has 6 heteroatoms. The van der Waals surface area contributed by atoms with E-state index in [4.69, 9.17) is 4.74 Å². The Morgan fingerprint density at radius 1 is 1.48 bits per heavy atom. The molecule has 0 aliphatic carbocycles. The first kappa shape index (κ1) is 17.7. The first-order chi connectivity index (χ1) is 10.5. The van der Waals surface area contributed by atoms with Crippen LogP contribution in [0.5, 0.6) is 0 Å². The highest BCUT2D eigenvalue weighted by atomic mass is 19.1. The van der Waals surface area contributed by atoms with E-state index in [0.717, 1.165) is 12.6 Å². The van der Waals surface area contributed by atoms with Gasteiger partial charge < -0.3 is 9.84 Å². The number of nitrogens with zero attached hydrogens (tertiary/aromatic N) is 2. The number of ether oxygens (including phenoxy) is 1. The number of pyridine rings is 1. The summed E-state index contributed by atoms with van der Waals surface area (Å²) < 4.78 is 18.8. The lowest BCUT2D eigenvalue weighted by molar-refractivity contribution is -0.0167. The van der Waals surface area contributed by atoms with Gasteiger partial charge in [-0.2, -0.15) is 0 Å². The van der Waals surface area contributed by atoms with Crippen molar-refractivity contribution in [1.29, 1.82) is 0 Å². The molecule has 2 atom stereocenters. The molecule has 0 radical (unpaired) electrons. The maximum Gasteiger partial charge on any atom is 0.411 e. The molecule has 1 aliphatic rings. The van der Waals surface area contributed by atoms with Crippen molar-refractivity contribution < 1.29 is 19.0 Å². The van der Waals surface area contributed by atoms with E-state index in [1.807, 2.05) is 13.8 Å². The van der Waals surface area contributed by atoms with Crippen LogP contribution in [0, 0.1) is 5.82 Å². The zero-order valence-electron chi connectivity index (χ0n) is 14.3. The first-order valence-electron chi connectivity index (χ1n) is 7.82. The van der Waals surface area contributed by atoms with Crippen LogP contribution >= 0.6 is 0 Å². The molecule has 1 unspecified atom stereocenters. The Bertz CT molecular complexity index is 583. The van der Waals surface area contributed by atoms with Gasteiger partial charge in [-0.3, -0.25) is 9.88 Å². The summed E-state index contributed by atoms with van der Waals surface area (Å²) in [5, 5.41) is 10.6. The van der Waals surface area contributed by atoms with Crippen molar-refractivity contribution in [1.82, 2.24) is 9.88 Å². The van der Waals surface area contributed by atoms with Gasteiger partial charge in [-0.15, -0.1) is 0 Å². The van der Waals surface area contributed by atoms with Crippen LogP contribution < -0.4 is 0 Å². The van der Waals surface area contributed by atoms with Crippen molar-refractivity contribution in [2.45, 2.75) is 70.7 Å². The summed E-state index contributed by atoms with van der Waals surface area (Å²) in [4.78, 5) is 17.9. The Hall–Kier alpha value is -1.69. The number of likely N-dealkylation sites (tertiary alicyclic amines) is 1. The van der Waals surface area contributed by atoms with Crippen molar-refractivity contribution in [2.24, 2.45) is 0 Å². The summed E-state index contributed by atoms with van der Waals surface area (Å²) in [7, 11) is 0. The number of hydrogen-bond acceptors (Lipinski definition) is 4. The molecule has 0 spiro atoms. The number of halogens is 1. The first-order valence-corrected chi connectivity index (χ1v) is 7.82. The molecule has 1 aromatic rings. The fraction of sp³-hybridized carbons (Fsp3) is 0.647. The summed E-state index contributed by atoms with van der Waals surface area (Å²) in [5.41, 5.74) is -0.693. The maximum atomic E-state index is 13.4. The average Bonchev–Trinajstić information content (AvgIpc) is 2.71. The molecule has 1 aromatic heterocycles. The smallest absolute Gasteiger partial charge is 0.411 e. The van der Waals surface area contributed by atoms with E-state index in [0.29, 0.717) is 12.0 Å². The van der Waals surface area contributed by atoms with Crippen LogP contribution in [0.1, 0.15) is 59.1 Å². The summed E-state index contributed by atoms with van der Waals surface area (Å²) in [6, 6.07) is 0.777. The highest BCUT2D eigenvalue weighted by Gasteiger charge is 2.47. The Labute approximate surface area is 136 Å². The largest absolute Gasteiger partial charge is 0.444 e. The zero-order valence-corrected chi connectivity index (χ0v) is 14.3. The van der Waals surface area contributed by atoms with Gasteiger partial charge in [0.2, 0.25) is 0 Å². The third-order valence-corrected chi connectivity index (χ3v) is 4.06. The lowest BCUT2D eigenvalue weighted by Gasteiger charge is -2.38. The normalized spacial score (nSPS) is 22.0. The molecule has 1 saturated heterocycles. The van der Waals surface area contributed by atoms with Gasteiger partial charge in [0.1, 0.15) is 17.5 Å². The van der Waals surface area contributed by atoms with Gasteiger partial charge in [0, 0.05) is 17.3 Å². The van der Waals surface area contributed by atoms with Gasteiger partial charge in [-0.25, -0.2) is 9.18 Å². The lowest BCUT2D eigenvalue weighted by Crippen LogP contribution is -2.50. The van der Waals surface area contributed by atoms with Crippen molar-refractivity contribution >= 4 is 6.09 Å². The van der Waals surface area contributed by atoms with E-state index in [1.165, 1.54) is 12.3 Å². The highest BCUT2D eigenvalue weighted by molar-refractivity contribution is 5.70. The lowest BCUT2D eigenvalue weighted by atomic mass is 10.0. The molecule has 1 amide bonds. The molecule has 2 heterocycles. The van der Waals surface area contributed by atoms with Crippen LogP contribution in [0.25, 0.3) is 0 Å². The number of hydrogen-bond donors (Lipinski definition) is 1. The van der Waals surface area contributed by atoms with Crippen molar-refractivity contribution in [2.75, 3.05) is 0 Å². The second kappa shape index (κ2) is 6.07. The van der Waals surface area contributed by atoms with E-state index < -0.39 is 35.2 Å². The number of aliphatic hydroxyl groups excluding tert-OH is 1. The predicted molar refractivity (Wildman–Crippen MR) is 84.3 cm³/mol. The van der Waals surface area contributed by atoms with Gasteiger partial charge in [0.15, 0.2) is 0 Å². The average molecular weight is 324 g/mol. The Kier molecular flexibility index (Phi) is 4.66. The van der Waals surface area contributed by atoms with Crippen molar-refractivity contribution in [3.63, 3.8) is 0 Å². The highest BCUT2D eigenvalue weighted by Crippen LogP contribution is 2.40. The molecular formula is C17H25FN2O3. The van der Waals surface area contributed by atoms with Crippen LogP contribution in [-0.4, -0.2) is 38.3 Å². The molecule has 128 valence electrons.